The molecule has 0 spiro atoms. The highest BCUT2D eigenvalue weighted by Crippen LogP contribution is 2.36. The third-order valence-corrected chi connectivity index (χ3v) is 9.61. The van der Waals surface area contributed by atoms with Gasteiger partial charge in [0, 0.05) is 41.4 Å². The topological polar surface area (TPSA) is 66.9 Å². The van der Waals surface area contributed by atoms with Gasteiger partial charge in [0.2, 0.25) is 11.0 Å². The third-order valence-electron chi connectivity index (χ3n) is 8.45. The summed E-state index contributed by atoms with van der Waals surface area (Å²) < 4.78 is 0. The van der Waals surface area contributed by atoms with Crippen molar-refractivity contribution in [3.63, 3.8) is 0 Å². The van der Waals surface area contributed by atoms with Crippen LogP contribution in [0.15, 0.2) is 54.6 Å². The lowest BCUT2D eigenvalue weighted by atomic mass is 9.90. The van der Waals surface area contributed by atoms with E-state index < -0.39 is 12.0 Å². The van der Waals surface area contributed by atoms with Gasteiger partial charge in [-0.15, -0.1) is 5.06 Å². The Labute approximate surface area is 236 Å². The summed E-state index contributed by atoms with van der Waals surface area (Å²) in [4.78, 5) is 48.3. The van der Waals surface area contributed by atoms with E-state index in [0.29, 0.717) is 17.7 Å². The van der Waals surface area contributed by atoms with E-state index in [2.05, 4.69) is 0 Å². The van der Waals surface area contributed by atoms with Crippen LogP contribution in [0.4, 0.5) is 5.69 Å². The molecule has 0 bridgehead atoms. The monoisotopic (exact) mass is 548 g/mol. The van der Waals surface area contributed by atoms with Gasteiger partial charge in [-0.3, -0.25) is 14.5 Å². The number of carbonyl (C=O) groups is 3. The largest absolute Gasteiger partial charge is 0.365 e. The number of carbonyl (C=O) groups excluding carboxylic acids is 3. The lowest BCUT2D eigenvalue weighted by Gasteiger charge is -2.40. The first kappa shape index (κ1) is 27.9. The molecule has 2 saturated carbocycles. The molecule has 5 rings (SSSR count). The molecule has 6 nitrogen and oxygen atoms in total. The third kappa shape index (κ3) is 6.58. The van der Waals surface area contributed by atoms with Gasteiger partial charge in [0.25, 0.3) is 0 Å². The highest BCUT2D eigenvalue weighted by molar-refractivity contribution is 8.14. The van der Waals surface area contributed by atoms with Crippen molar-refractivity contribution in [3.05, 3.63) is 65.7 Å². The standard InChI is InChI=1S/C32H40N2O4S/c1-23(22-39-32(37)24-13-5-2-6-14-24)30(35)33-28-20-12-11-15-25(28)21-29(33)31(36)38-34(26-16-7-3-8-17-26)27-18-9-4-10-19-27/h2,5-6,11-15,20,23,26-27,29H,3-4,7-10,16-19,21-22H2,1H3/t23-,29+/m1/s1. The van der Waals surface area contributed by atoms with Crippen LogP contribution in [0.3, 0.4) is 0 Å². The fourth-order valence-corrected chi connectivity index (χ4v) is 7.14. The van der Waals surface area contributed by atoms with E-state index in [1.807, 2.05) is 54.5 Å². The van der Waals surface area contributed by atoms with E-state index in [1.54, 1.807) is 17.0 Å². The number of nitrogens with zero attached hydrogens (tertiary/aromatic N) is 2. The predicted molar refractivity (Wildman–Crippen MR) is 155 cm³/mol. The van der Waals surface area contributed by atoms with Gasteiger partial charge in [-0.25, -0.2) is 4.79 Å². The molecular weight excluding hydrogens is 508 g/mol. The van der Waals surface area contributed by atoms with Crippen LogP contribution in [-0.2, 0) is 20.8 Å². The molecule has 2 atom stereocenters. The van der Waals surface area contributed by atoms with E-state index in [1.165, 1.54) is 38.5 Å². The van der Waals surface area contributed by atoms with Crippen LogP contribution in [0.5, 0.6) is 0 Å². The molecular formula is C32H40N2O4S. The highest BCUT2D eigenvalue weighted by atomic mass is 32.2. The van der Waals surface area contributed by atoms with Crippen LogP contribution in [0, 0.1) is 5.92 Å². The van der Waals surface area contributed by atoms with Crippen LogP contribution < -0.4 is 4.90 Å². The molecule has 0 saturated heterocycles. The first-order chi connectivity index (χ1) is 19.0. The number of benzene rings is 2. The van der Waals surface area contributed by atoms with Gasteiger partial charge >= 0.3 is 5.97 Å². The number of hydrogen-bond acceptors (Lipinski definition) is 6. The van der Waals surface area contributed by atoms with Gasteiger partial charge in [-0.05, 0) is 37.3 Å². The molecule has 2 aliphatic carbocycles. The molecule has 0 aromatic heterocycles. The Kier molecular flexibility index (Phi) is 9.40. The van der Waals surface area contributed by atoms with Crippen molar-refractivity contribution in [1.82, 2.24) is 5.06 Å². The summed E-state index contributed by atoms with van der Waals surface area (Å²) in [6, 6.07) is 16.7. The molecule has 0 radical (unpaired) electrons. The second-order valence-corrected chi connectivity index (χ2v) is 12.3. The number of rotatable bonds is 8. The van der Waals surface area contributed by atoms with E-state index >= 15 is 0 Å². The molecule has 208 valence electrons. The maximum absolute atomic E-state index is 13.9. The minimum Gasteiger partial charge on any atom is -0.365 e. The maximum atomic E-state index is 13.9. The summed E-state index contributed by atoms with van der Waals surface area (Å²) in [5.74, 6) is -0.562. The number of hydrogen-bond donors (Lipinski definition) is 0. The quantitative estimate of drug-likeness (QED) is 0.347. The van der Waals surface area contributed by atoms with Gasteiger partial charge in [0.1, 0.15) is 6.04 Å². The van der Waals surface area contributed by atoms with Crippen LogP contribution in [0.2, 0.25) is 0 Å². The van der Waals surface area contributed by atoms with Gasteiger partial charge in [0.05, 0.1) is 0 Å². The minimum atomic E-state index is -0.693. The SMILES string of the molecule is C[C@H](CSC(=O)c1ccccc1)C(=O)N1c2ccccc2C[C@H]1C(=O)ON(C1CCCCC1)C1CCCCC1. The summed E-state index contributed by atoms with van der Waals surface area (Å²) in [6.07, 6.45) is 11.8. The first-order valence-corrected chi connectivity index (χ1v) is 15.6. The predicted octanol–water partition coefficient (Wildman–Crippen LogP) is 6.58. The number of para-hydroxylation sites is 1. The normalized spacial score (nSPS) is 21.0. The summed E-state index contributed by atoms with van der Waals surface area (Å²) in [7, 11) is 0. The van der Waals surface area contributed by atoms with Crippen molar-refractivity contribution in [3.8, 4) is 0 Å². The molecule has 0 unspecified atom stereocenters. The molecule has 1 amide bonds. The van der Waals surface area contributed by atoms with Crippen molar-refractivity contribution in [2.75, 3.05) is 10.7 Å². The molecule has 2 aromatic carbocycles. The fourth-order valence-electron chi connectivity index (χ4n) is 6.30. The Balaban J connectivity index is 1.31. The van der Waals surface area contributed by atoms with Crippen molar-refractivity contribution in [2.24, 2.45) is 5.92 Å². The van der Waals surface area contributed by atoms with Crippen molar-refractivity contribution >= 4 is 34.4 Å². The zero-order valence-electron chi connectivity index (χ0n) is 22.9. The van der Waals surface area contributed by atoms with Crippen molar-refractivity contribution in [2.45, 2.75) is 95.7 Å². The van der Waals surface area contributed by atoms with Gasteiger partial charge in [-0.2, -0.15) is 0 Å². The minimum absolute atomic E-state index is 0.0522. The van der Waals surface area contributed by atoms with Crippen LogP contribution in [0.1, 0.15) is 87.1 Å². The Morgan fingerprint density at radius 1 is 0.872 bits per heavy atom. The Morgan fingerprint density at radius 2 is 1.46 bits per heavy atom. The number of thioether (sulfide) groups is 1. The summed E-state index contributed by atoms with van der Waals surface area (Å²) >= 11 is 1.15. The van der Waals surface area contributed by atoms with Gasteiger partial charge in [-0.1, -0.05) is 106 Å². The number of amides is 1. The molecule has 1 aliphatic heterocycles. The smallest absolute Gasteiger partial charge is 0.348 e. The van der Waals surface area contributed by atoms with Crippen LogP contribution in [-0.4, -0.2) is 45.9 Å². The fraction of sp³-hybridized carbons (Fsp3) is 0.531. The molecule has 3 aliphatic rings. The van der Waals surface area contributed by atoms with Crippen molar-refractivity contribution in [1.29, 1.82) is 0 Å². The molecule has 0 N–H and O–H groups in total. The highest BCUT2D eigenvalue weighted by Gasteiger charge is 2.43. The average Bonchev–Trinajstić information content (AvgIpc) is 3.39. The summed E-state index contributed by atoms with van der Waals surface area (Å²) in [5, 5.41) is 1.99. The molecule has 2 aromatic rings. The van der Waals surface area contributed by atoms with E-state index in [9.17, 15) is 14.4 Å². The van der Waals surface area contributed by atoms with Gasteiger partial charge in [0.15, 0.2) is 0 Å². The molecule has 2 fully saturated rings. The van der Waals surface area contributed by atoms with E-state index in [4.69, 9.17) is 4.84 Å². The van der Waals surface area contributed by atoms with Crippen LogP contribution >= 0.6 is 11.8 Å². The number of anilines is 1. The second-order valence-electron chi connectivity index (χ2n) is 11.3. The second kappa shape index (κ2) is 13.1. The molecule has 39 heavy (non-hydrogen) atoms. The van der Waals surface area contributed by atoms with E-state index in [0.717, 1.165) is 48.7 Å². The average molecular weight is 549 g/mol. The lowest BCUT2D eigenvalue weighted by molar-refractivity contribution is -0.224. The molecule has 7 heteroatoms. The summed E-state index contributed by atoms with van der Waals surface area (Å²) in [6.45, 7) is 1.84. The Morgan fingerprint density at radius 3 is 2.10 bits per heavy atom. The zero-order valence-corrected chi connectivity index (χ0v) is 23.7. The van der Waals surface area contributed by atoms with E-state index in [-0.39, 0.29) is 29.1 Å². The van der Waals surface area contributed by atoms with Crippen LogP contribution in [0.25, 0.3) is 0 Å². The van der Waals surface area contributed by atoms with Crippen molar-refractivity contribution < 1.29 is 19.2 Å². The van der Waals surface area contributed by atoms with Gasteiger partial charge < -0.3 is 4.84 Å². The zero-order chi connectivity index (χ0) is 27.2. The first-order valence-electron chi connectivity index (χ1n) is 14.7. The number of fused-ring (bicyclic) bond motifs is 1. The lowest BCUT2D eigenvalue weighted by Crippen LogP contribution is -2.52. The Bertz CT molecular complexity index is 1130. The number of hydroxylamine groups is 2. The maximum Gasteiger partial charge on any atom is 0.348 e. The molecule has 1 heterocycles. The summed E-state index contributed by atoms with van der Waals surface area (Å²) in [5.41, 5.74) is 2.38. The Hall–Kier alpha value is -2.64.